The van der Waals surface area contributed by atoms with Crippen molar-refractivity contribution < 1.29 is 0 Å². The molecule has 0 aliphatic heterocycles. The normalized spacial score (nSPS) is 28.5. The summed E-state index contributed by atoms with van der Waals surface area (Å²) in [6, 6.07) is 0. The fourth-order valence-corrected chi connectivity index (χ4v) is 3.51. The van der Waals surface area contributed by atoms with Crippen molar-refractivity contribution in [2.24, 2.45) is 17.1 Å². The van der Waals surface area contributed by atoms with Gasteiger partial charge in [0.25, 0.3) is 0 Å². The highest BCUT2D eigenvalue weighted by Crippen LogP contribution is 2.37. The maximum absolute atomic E-state index is 6.02. The van der Waals surface area contributed by atoms with Crippen LogP contribution in [0.2, 0.25) is 0 Å². The van der Waals surface area contributed by atoms with E-state index < -0.39 is 0 Å². The van der Waals surface area contributed by atoms with Gasteiger partial charge < -0.3 is 11.1 Å². The van der Waals surface area contributed by atoms with Crippen LogP contribution in [0.1, 0.15) is 43.2 Å². The van der Waals surface area contributed by atoms with Crippen molar-refractivity contribution in [1.29, 1.82) is 0 Å². The van der Waals surface area contributed by atoms with Gasteiger partial charge in [-0.3, -0.25) is 0 Å². The molecule has 18 heavy (non-hydrogen) atoms. The Morgan fingerprint density at radius 3 is 2.78 bits per heavy atom. The molecule has 1 aliphatic carbocycles. The Bertz CT molecular complexity index is 367. The molecule has 1 saturated carbocycles. The van der Waals surface area contributed by atoms with Gasteiger partial charge in [0.1, 0.15) is 0 Å². The van der Waals surface area contributed by atoms with Crippen LogP contribution in [-0.2, 0) is 6.54 Å². The van der Waals surface area contributed by atoms with Crippen molar-refractivity contribution in [2.45, 2.75) is 46.1 Å². The maximum atomic E-state index is 6.02. The molecule has 1 heterocycles. The minimum Gasteiger partial charge on any atom is -0.330 e. The first-order chi connectivity index (χ1) is 8.65. The summed E-state index contributed by atoms with van der Waals surface area (Å²) in [4.78, 5) is 5.64. The minimum absolute atomic E-state index is 0.338. The molecule has 0 atom stereocenters. The van der Waals surface area contributed by atoms with Crippen molar-refractivity contribution in [3.63, 3.8) is 0 Å². The Kier molecular flexibility index (Phi) is 4.76. The smallest absolute Gasteiger partial charge is 0.0798 e. The monoisotopic (exact) mass is 267 g/mol. The molecule has 1 aromatic heterocycles. The molecule has 102 valence electrons. The summed E-state index contributed by atoms with van der Waals surface area (Å²) in [5, 5.41) is 3.60. The van der Waals surface area contributed by atoms with Gasteiger partial charge in [0.05, 0.1) is 11.2 Å². The number of aromatic nitrogens is 1. The number of nitrogens with two attached hydrogens (primary N) is 1. The maximum Gasteiger partial charge on any atom is 0.0798 e. The molecule has 0 aromatic carbocycles. The number of thiazole rings is 1. The molecule has 0 amide bonds. The standard InChI is InChI=1S/C14H25N3S/c1-11-3-5-14(8-15,6-4-11)9-16-7-13-12(2)17-10-18-13/h10-11,16H,3-9,15H2,1-2H3. The first-order valence-electron chi connectivity index (χ1n) is 6.95. The number of aryl methyl sites for hydroxylation is 1. The van der Waals surface area contributed by atoms with Gasteiger partial charge in [-0.05, 0) is 37.6 Å². The van der Waals surface area contributed by atoms with Gasteiger partial charge in [-0.2, -0.15) is 0 Å². The van der Waals surface area contributed by atoms with Gasteiger partial charge in [0, 0.05) is 18.0 Å². The molecule has 0 radical (unpaired) electrons. The van der Waals surface area contributed by atoms with Crippen LogP contribution < -0.4 is 11.1 Å². The van der Waals surface area contributed by atoms with E-state index in [4.69, 9.17) is 5.73 Å². The summed E-state index contributed by atoms with van der Waals surface area (Å²) in [5.41, 5.74) is 9.44. The Hall–Kier alpha value is -0.450. The fourth-order valence-electron chi connectivity index (χ4n) is 2.76. The van der Waals surface area contributed by atoms with Crippen molar-refractivity contribution >= 4 is 11.3 Å². The molecule has 2 rings (SSSR count). The van der Waals surface area contributed by atoms with Gasteiger partial charge in [0.2, 0.25) is 0 Å². The SMILES string of the molecule is Cc1ncsc1CNCC1(CN)CCC(C)CC1. The molecule has 3 N–H and O–H groups in total. The highest BCUT2D eigenvalue weighted by atomic mass is 32.1. The average molecular weight is 267 g/mol. The lowest BCUT2D eigenvalue weighted by Gasteiger charge is -2.38. The Morgan fingerprint density at radius 2 is 2.22 bits per heavy atom. The van der Waals surface area contributed by atoms with E-state index in [-0.39, 0.29) is 0 Å². The summed E-state index contributed by atoms with van der Waals surface area (Å²) in [7, 11) is 0. The predicted molar refractivity (Wildman–Crippen MR) is 77.7 cm³/mol. The van der Waals surface area contributed by atoms with Crippen LogP contribution in [-0.4, -0.2) is 18.1 Å². The van der Waals surface area contributed by atoms with Crippen LogP contribution in [0.3, 0.4) is 0 Å². The van der Waals surface area contributed by atoms with E-state index in [0.29, 0.717) is 5.41 Å². The lowest BCUT2D eigenvalue weighted by atomic mass is 9.71. The third-order valence-corrected chi connectivity index (χ3v) is 5.33. The zero-order chi connectivity index (χ0) is 13.0. The molecule has 1 aromatic rings. The number of hydrogen-bond donors (Lipinski definition) is 2. The summed E-state index contributed by atoms with van der Waals surface area (Å²) in [6.45, 7) is 7.23. The van der Waals surface area contributed by atoms with Crippen molar-refractivity contribution in [2.75, 3.05) is 13.1 Å². The molecule has 0 bridgehead atoms. The van der Waals surface area contributed by atoms with E-state index in [1.54, 1.807) is 11.3 Å². The van der Waals surface area contributed by atoms with E-state index >= 15 is 0 Å². The molecular weight excluding hydrogens is 242 g/mol. The second-order valence-electron chi connectivity index (χ2n) is 5.85. The number of rotatable bonds is 5. The summed E-state index contributed by atoms with van der Waals surface area (Å²) >= 11 is 1.74. The lowest BCUT2D eigenvalue weighted by molar-refractivity contribution is 0.159. The van der Waals surface area contributed by atoms with Gasteiger partial charge in [-0.25, -0.2) is 4.98 Å². The zero-order valence-corrected chi connectivity index (χ0v) is 12.4. The van der Waals surface area contributed by atoms with Crippen LogP contribution in [0.25, 0.3) is 0 Å². The summed E-state index contributed by atoms with van der Waals surface area (Å²) in [6.07, 6.45) is 5.22. The average Bonchev–Trinajstić information content (AvgIpc) is 2.78. The van der Waals surface area contributed by atoms with E-state index in [9.17, 15) is 0 Å². The highest BCUT2D eigenvalue weighted by Gasteiger charge is 2.32. The first kappa shape index (κ1) is 14.0. The van der Waals surface area contributed by atoms with Crippen LogP contribution >= 0.6 is 11.3 Å². The molecule has 0 saturated heterocycles. The number of nitrogens with zero attached hydrogens (tertiary/aromatic N) is 1. The molecule has 4 heteroatoms. The zero-order valence-electron chi connectivity index (χ0n) is 11.5. The van der Waals surface area contributed by atoms with Gasteiger partial charge in [0.15, 0.2) is 0 Å². The van der Waals surface area contributed by atoms with Crippen LogP contribution in [0, 0.1) is 18.3 Å². The topological polar surface area (TPSA) is 50.9 Å². The van der Waals surface area contributed by atoms with Crippen molar-refractivity contribution in [1.82, 2.24) is 10.3 Å². The summed E-state index contributed by atoms with van der Waals surface area (Å²) in [5.74, 6) is 0.883. The lowest BCUT2D eigenvalue weighted by Crippen LogP contribution is -2.42. The largest absolute Gasteiger partial charge is 0.330 e. The first-order valence-corrected chi connectivity index (χ1v) is 7.83. The van der Waals surface area contributed by atoms with Gasteiger partial charge in [-0.1, -0.05) is 19.8 Å². The van der Waals surface area contributed by atoms with E-state index in [1.165, 1.54) is 30.6 Å². The van der Waals surface area contributed by atoms with Crippen LogP contribution in [0.4, 0.5) is 0 Å². The number of nitrogens with one attached hydrogen (secondary N) is 1. The van der Waals surface area contributed by atoms with E-state index in [0.717, 1.165) is 31.2 Å². The van der Waals surface area contributed by atoms with E-state index in [2.05, 4.69) is 24.1 Å². The predicted octanol–water partition coefficient (Wildman–Crippen LogP) is 2.70. The van der Waals surface area contributed by atoms with Crippen LogP contribution in [0.5, 0.6) is 0 Å². The fraction of sp³-hybridized carbons (Fsp3) is 0.786. The third-order valence-electron chi connectivity index (χ3n) is 4.40. The quantitative estimate of drug-likeness (QED) is 0.862. The minimum atomic E-state index is 0.338. The van der Waals surface area contributed by atoms with Gasteiger partial charge >= 0.3 is 0 Å². The second kappa shape index (κ2) is 6.13. The number of hydrogen-bond acceptors (Lipinski definition) is 4. The van der Waals surface area contributed by atoms with Crippen LogP contribution in [0.15, 0.2) is 5.51 Å². The van der Waals surface area contributed by atoms with Crippen molar-refractivity contribution in [3.05, 3.63) is 16.1 Å². The summed E-state index contributed by atoms with van der Waals surface area (Å²) < 4.78 is 0. The van der Waals surface area contributed by atoms with Gasteiger partial charge in [-0.15, -0.1) is 11.3 Å². The van der Waals surface area contributed by atoms with E-state index in [1.807, 2.05) is 5.51 Å². The molecule has 0 unspecified atom stereocenters. The van der Waals surface area contributed by atoms with Crippen molar-refractivity contribution in [3.8, 4) is 0 Å². The highest BCUT2D eigenvalue weighted by molar-refractivity contribution is 7.09. The Balaban J connectivity index is 1.82. The molecule has 1 aliphatic rings. The molecule has 1 fully saturated rings. The molecule has 3 nitrogen and oxygen atoms in total. The Morgan fingerprint density at radius 1 is 1.50 bits per heavy atom. The Labute approximate surface area is 114 Å². The molecule has 0 spiro atoms. The molecular formula is C14H25N3S. The second-order valence-corrected chi connectivity index (χ2v) is 6.79. The third kappa shape index (κ3) is 3.31.